The smallest absolute Gasteiger partial charge is 0.319 e. The number of carboxylic acid groups (broad SMARTS) is 1. The monoisotopic (exact) mass is 473 g/mol. The molecule has 1 aliphatic carbocycles. The fourth-order valence-corrected chi connectivity index (χ4v) is 3.93. The van der Waals surface area contributed by atoms with E-state index in [1.54, 1.807) is 36.4 Å². The molecule has 0 heterocycles. The molecule has 0 saturated heterocycles. The van der Waals surface area contributed by atoms with Crippen LogP contribution in [0.5, 0.6) is 5.75 Å². The molecule has 8 nitrogen and oxygen atoms in total. The quantitative estimate of drug-likeness (QED) is 0.428. The number of nitrogens with one attached hydrogen (secondary N) is 3. The van der Waals surface area contributed by atoms with Gasteiger partial charge in [0, 0.05) is 18.7 Å². The lowest BCUT2D eigenvalue weighted by atomic mass is 9.87. The summed E-state index contributed by atoms with van der Waals surface area (Å²) in [5.41, 5.74) is 1.99. The lowest BCUT2D eigenvalue weighted by Gasteiger charge is -2.26. The summed E-state index contributed by atoms with van der Waals surface area (Å²) >= 11 is 6.10. The van der Waals surface area contributed by atoms with E-state index in [-0.39, 0.29) is 31.0 Å². The molecule has 9 heteroatoms. The second-order valence-electron chi connectivity index (χ2n) is 8.07. The number of carbonyl (C=O) groups is 3. The van der Waals surface area contributed by atoms with Crippen molar-refractivity contribution in [1.29, 1.82) is 0 Å². The van der Waals surface area contributed by atoms with Gasteiger partial charge in [-0.25, -0.2) is 4.79 Å². The number of ether oxygens (including phenoxy) is 1. The maximum absolute atomic E-state index is 12.3. The number of carboxylic acids is 1. The van der Waals surface area contributed by atoms with Crippen LogP contribution in [-0.4, -0.2) is 42.2 Å². The largest absolute Gasteiger partial charge is 0.490 e. The number of aliphatic carboxylic acids is 1. The molecule has 1 aliphatic rings. The van der Waals surface area contributed by atoms with E-state index in [0.717, 1.165) is 5.56 Å². The molecule has 0 spiro atoms. The molecule has 3 amide bonds. The van der Waals surface area contributed by atoms with Crippen LogP contribution in [0.1, 0.15) is 41.6 Å². The average molecular weight is 474 g/mol. The SMILES string of the molecule is Cc1ccc(NC(=O)NCCNC(=O)c2ccc(OC3CCC(C(=O)O)CC3)cc2)c(Cl)c1. The van der Waals surface area contributed by atoms with Gasteiger partial charge in [0.05, 0.1) is 22.7 Å². The van der Waals surface area contributed by atoms with Gasteiger partial charge in [-0.15, -0.1) is 0 Å². The van der Waals surface area contributed by atoms with E-state index in [2.05, 4.69) is 16.0 Å². The summed E-state index contributed by atoms with van der Waals surface area (Å²) in [4.78, 5) is 35.3. The number of urea groups is 1. The van der Waals surface area contributed by atoms with E-state index in [1.807, 2.05) is 13.0 Å². The van der Waals surface area contributed by atoms with E-state index in [4.69, 9.17) is 21.4 Å². The Labute approximate surface area is 197 Å². The maximum Gasteiger partial charge on any atom is 0.319 e. The Morgan fingerprint density at radius 3 is 2.30 bits per heavy atom. The van der Waals surface area contributed by atoms with Gasteiger partial charge in [-0.1, -0.05) is 17.7 Å². The minimum atomic E-state index is -0.740. The van der Waals surface area contributed by atoms with E-state index in [9.17, 15) is 14.4 Å². The van der Waals surface area contributed by atoms with Crippen molar-refractivity contribution in [2.24, 2.45) is 5.92 Å². The van der Waals surface area contributed by atoms with Crippen LogP contribution in [0.3, 0.4) is 0 Å². The highest BCUT2D eigenvalue weighted by atomic mass is 35.5. The Morgan fingerprint density at radius 1 is 1.00 bits per heavy atom. The van der Waals surface area contributed by atoms with Gasteiger partial charge in [0.25, 0.3) is 5.91 Å². The fraction of sp³-hybridized carbons (Fsp3) is 0.375. The molecule has 0 bridgehead atoms. The summed E-state index contributed by atoms with van der Waals surface area (Å²) in [7, 11) is 0. The van der Waals surface area contributed by atoms with Crippen molar-refractivity contribution in [1.82, 2.24) is 10.6 Å². The highest BCUT2D eigenvalue weighted by Gasteiger charge is 2.26. The van der Waals surface area contributed by atoms with Crippen molar-refractivity contribution in [3.8, 4) is 5.75 Å². The molecular weight excluding hydrogens is 446 g/mol. The van der Waals surface area contributed by atoms with E-state index in [0.29, 0.717) is 47.7 Å². The summed E-state index contributed by atoms with van der Waals surface area (Å²) in [5.74, 6) is -0.627. The zero-order valence-electron chi connectivity index (χ0n) is 18.4. The van der Waals surface area contributed by atoms with Gasteiger partial charge in [-0.3, -0.25) is 9.59 Å². The first-order valence-corrected chi connectivity index (χ1v) is 11.3. The maximum atomic E-state index is 12.3. The molecule has 4 N–H and O–H groups in total. The summed E-state index contributed by atoms with van der Waals surface area (Å²) in [5, 5.41) is 17.6. The third kappa shape index (κ3) is 7.39. The van der Waals surface area contributed by atoms with Crippen molar-refractivity contribution in [2.75, 3.05) is 18.4 Å². The molecule has 0 aliphatic heterocycles. The zero-order valence-corrected chi connectivity index (χ0v) is 19.2. The molecule has 33 heavy (non-hydrogen) atoms. The van der Waals surface area contributed by atoms with Crippen LogP contribution in [0.25, 0.3) is 0 Å². The molecule has 176 valence electrons. The third-order valence-electron chi connectivity index (χ3n) is 5.51. The Hall–Kier alpha value is -3.26. The first-order valence-electron chi connectivity index (χ1n) is 10.9. The number of hydrogen-bond acceptors (Lipinski definition) is 4. The Kier molecular flexibility index (Phi) is 8.54. The number of anilines is 1. The van der Waals surface area contributed by atoms with Crippen LogP contribution in [0.15, 0.2) is 42.5 Å². The van der Waals surface area contributed by atoms with Gasteiger partial charge >= 0.3 is 12.0 Å². The van der Waals surface area contributed by atoms with Crippen molar-refractivity contribution < 1.29 is 24.2 Å². The van der Waals surface area contributed by atoms with Gasteiger partial charge in [-0.05, 0) is 74.6 Å². The van der Waals surface area contributed by atoms with Crippen LogP contribution < -0.4 is 20.7 Å². The molecule has 0 unspecified atom stereocenters. The minimum Gasteiger partial charge on any atom is -0.490 e. The van der Waals surface area contributed by atoms with Crippen LogP contribution in [0.4, 0.5) is 10.5 Å². The molecule has 0 radical (unpaired) electrons. The number of hydrogen-bond donors (Lipinski definition) is 4. The summed E-state index contributed by atoms with van der Waals surface area (Å²) in [6.45, 7) is 2.42. The van der Waals surface area contributed by atoms with Crippen LogP contribution in [0.2, 0.25) is 5.02 Å². The highest BCUT2D eigenvalue weighted by Crippen LogP contribution is 2.28. The molecule has 3 rings (SSSR count). The minimum absolute atomic E-state index is 0.00714. The van der Waals surface area contributed by atoms with Crippen molar-refractivity contribution in [2.45, 2.75) is 38.7 Å². The van der Waals surface area contributed by atoms with Crippen LogP contribution in [-0.2, 0) is 4.79 Å². The molecule has 0 aromatic heterocycles. The fourth-order valence-electron chi connectivity index (χ4n) is 3.65. The average Bonchev–Trinajstić information content (AvgIpc) is 2.79. The van der Waals surface area contributed by atoms with Crippen molar-refractivity contribution in [3.05, 3.63) is 58.6 Å². The summed E-state index contributed by atoms with van der Waals surface area (Å²) in [6, 6.07) is 11.7. The second kappa shape index (κ2) is 11.6. The van der Waals surface area contributed by atoms with Crippen molar-refractivity contribution >= 4 is 35.2 Å². The molecule has 1 saturated carbocycles. The highest BCUT2D eigenvalue weighted by molar-refractivity contribution is 6.33. The number of benzene rings is 2. The van der Waals surface area contributed by atoms with Gasteiger partial charge in [0.2, 0.25) is 0 Å². The summed E-state index contributed by atoms with van der Waals surface area (Å²) in [6.07, 6.45) is 2.63. The number of carbonyl (C=O) groups excluding carboxylic acids is 2. The molecule has 2 aromatic carbocycles. The Balaban J connectivity index is 1.36. The normalized spacial score (nSPS) is 17.6. The van der Waals surface area contributed by atoms with Crippen molar-refractivity contribution in [3.63, 3.8) is 0 Å². The first kappa shape index (κ1) is 24.4. The zero-order chi connectivity index (χ0) is 23.8. The predicted octanol–water partition coefficient (Wildman–Crippen LogP) is 4.22. The molecule has 0 atom stereocenters. The lowest BCUT2D eigenvalue weighted by Crippen LogP contribution is -2.36. The van der Waals surface area contributed by atoms with E-state index >= 15 is 0 Å². The molecule has 1 fully saturated rings. The number of halogens is 1. The van der Waals surface area contributed by atoms with Crippen LogP contribution in [0, 0.1) is 12.8 Å². The third-order valence-corrected chi connectivity index (χ3v) is 5.82. The Morgan fingerprint density at radius 2 is 1.67 bits per heavy atom. The second-order valence-corrected chi connectivity index (χ2v) is 8.48. The molecule has 2 aromatic rings. The number of amides is 3. The number of rotatable bonds is 8. The summed E-state index contributed by atoms with van der Waals surface area (Å²) < 4.78 is 5.92. The van der Waals surface area contributed by atoms with Gasteiger partial charge in [-0.2, -0.15) is 0 Å². The topological polar surface area (TPSA) is 117 Å². The number of aryl methyl sites for hydroxylation is 1. The first-order chi connectivity index (χ1) is 15.8. The van der Waals surface area contributed by atoms with E-state index in [1.165, 1.54) is 0 Å². The Bertz CT molecular complexity index is 988. The predicted molar refractivity (Wildman–Crippen MR) is 126 cm³/mol. The van der Waals surface area contributed by atoms with E-state index < -0.39 is 12.0 Å². The van der Waals surface area contributed by atoms with Crippen LogP contribution >= 0.6 is 11.6 Å². The van der Waals surface area contributed by atoms with Gasteiger partial charge < -0.3 is 25.8 Å². The lowest BCUT2D eigenvalue weighted by molar-refractivity contribution is -0.143. The molecular formula is C24H28ClN3O5. The van der Waals surface area contributed by atoms with Gasteiger partial charge in [0.15, 0.2) is 0 Å². The standard InChI is InChI=1S/C24H28ClN3O5/c1-15-2-11-21(20(25)14-15)28-24(32)27-13-12-26-22(29)16-3-7-18(8-4-16)33-19-9-5-17(6-10-19)23(30)31/h2-4,7-8,11,14,17,19H,5-6,9-10,12-13H2,1H3,(H,26,29)(H,30,31)(H2,27,28,32). The van der Waals surface area contributed by atoms with Gasteiger partial charge in [0.1, 0.15) is 5.75 Å².